The van der Waals surface area contributed by atoms with Crippen molar-refractivity contribution in [2.75, 3.05) is 13.2 Å². The van der Waals surface area contributed by atoms with E-state index in [4.69, 9.17) is 21.1 Å². The van der Waals surface area contributed by atoms with Crippen LogP contribution in [0.5, 0.6) is 11.5 Å². The van der Waals surface area contributed by atoms with E-state index >= 15 is 0 Å². The maximum Gasteiger partial charge on any atom is 0.212 e. The summed E-state index contributed by atoms with van der Waals surface area (Å²) in [5.74, 6) is 3.04. The highest BCUT2D eigenvalue weighted by Gasteiger charge is 2.12. The summed E-state index contributed by atoms with van der Waals surface area (Å²) in [5, 5.41) is 14.9. The Labute approximate surface area is 192 Å². The lowest BCUT2D eigenvalue weighted by Crippen LogP contribution is -2.01. The molecule has 0 unspecified atom stereocenters. The molecule has 0 aliphatic rings. The Morgan fingerprint density at radius 2 is 1.74 bits per heavy atom. The van der Waals surface area contributed by atoms with Crippen LogP contribution in [0.4, 0.5) is 0 Å². The van der Waals surface area contributed by atoms with Crippen LogP contribution in [0.15, 0.2) is 52.7 Å². The SMILES string of the molecule is CCCc1nnc(SCc2ccc(Cl)cc2)n1/N=C\c1ccc(OCC)c(OCC)c1. The fraction of sp³-hybridized carbons (Fsp3) is 0.348. The number of rotatable bonds is 11. The van der Waals surface area contributed by atoms with Crippen LogP contribution in [0.25, 0.3) is 0 Å². The van der Waals surface area contributed by atoms with Crippen molar-refractivity contribution in [1.29, 1.82) is 0 Å². The molecular formula is C23H27ClN4O2S. The molecule has 2 aromatic carbocycles. The molecular weight excluding hydrogens is 432 g/mol. The van der Waals surface area contributed by atoms with Gasteiger partial charge in [-0.1, -0.05) is 42.4 Å². The summed E-state index contributed by atoms with van der Waals surface area (Å²) >= 11 is 7.58. The first kappa shape index (κ1) is 23.2. The third kappa shape index (κ3) is 6.48. The molecule has 0 aliphatic heterocycles. The Morgan fingerprint density at radius 3 is 2.45 bits per heavy atom. The Bertz CT molecular complexity index is 1010. The molecule has 0 radical (unpaired) electrons. The third-order valence-electron chi connectivity index (χ3n) is 4.32. The normalized spacial score (nSPS) is 11.2. The van der Waals surface area contributed by atoms with Crippen LogP contribution in [0.2, 0.25) is 5.02 Å². The van der Waals surface area contributed by atoms with E-state index in [1.165, 1.54) is 0 Å². The first-order valence-electron chi connectivity index (χ1n) is 10.4. The first-order valence-corrected chi connectivity index (χ1v) is 11.8. The second kappa shape index (κ2) is 11.8. The molecule has 0 bridgehead atoms. The molecule has 0 aliphatic carbocycles. The zero-order chi connectivity index (χ0) is 22.1. The Morgan fingerprint density at radius 1 is 1.00 bits per heavy atom. The number of nitrogens with zero attached hydrogens (tertiary/aromatic N) is 4. The molecule has 164 valence electrons. The van der Waals surface area contributed by atoms with Crippen LogP contribution in [0.3, 0.4) is 0 Å². The molecule has 0 saturated heterocycles. The smallest absolute Gasteiger partial charge is 0.212 e. The summed E-state index contributed by atoms with van der Waals surface area (Å²) in [6, 6.07) is 13.6. The lowest BCUT2D eigenvalue weighted by atomic mass is 10.2. The molecule has 31 heavy (non-hydrogen) atoms. The van der Waals surface area contributed by atoms with Crippen molar-refractivity contribution in [3.8, 4) is 11.5 Å². The van der Waals surface area contributed by atoms with Crippen molar-refractivity contribution < 1.29 is 9.47 Å². The van der Waals surface area contributed by atoms with Gasteiger partial charge < -0.3 is 9.47 Å². The van der Waals surface area contributed by atoms with Crippen LogP contribution in [-0.2, 0) is 12.2 Å². The number of hydrogen-bond acceptors (Lipinski definition) is 6. The molecule has 0 fully saturated rings. The van der Waals surface area contributed by atoms with Gasteiger partial charge in [0.25, 0.3) is 0 Å². The van der Waals surface area contributed by atoms with E-state index < -0.39 is 0 Å². The quantitative estimate of drug-likeness (QED) is 0.266. The fourth-order valence-corrected chi connectivity index (χ4v) is 3.87. The van der Waals surface area contributed by atoms with Crippen molar-refractivity contribution in [1.82, 2.24) is 14.9 Å². The third-order valence-corrected chi connectivity index (χ3v) is 5.56. The highest BCUT2D eigenvalue weighted by molar-refractivity contribution is 7.98. The summed E-state index contributed by atoms with van der Waals surface area (Å²) < 4.78 is 13.2. The second-order valence-electron chi connectivity index (χ2n) is 6.69. The minimum atomic E-state index is 0.568. The van der Waals surface area contributed by atoms with Gasteiger partial charge in [0.05, 0.1) is 19.4 Å². The average molecular weight is 459 g/mol. The van der Waals surface area contributed by atoms with Crippen LogP contribution < -0.4 is 9.47 Å². The summed E-state index contributed by atoms with van der Waals surface area (Å²) in [5.41, 5.74) is 2.08. The molecule has 0 saturated carbocycles. The van der Waals surface area contributed by atoms with Crippen LogP contribution in [0, 0.1) is 0 Å². The molecule has 6 nitrogen and oxygen atoms in total. The molecule has 3 aromatic rings. The fourth-order valence-electron chi connectivity index (χ4n) is 2.88. The van der Waals surface area contributed by atoms with Gasteiger partial charge >= 0.3 is 0 Å². The lowest BCUT2D eigenvalue weighted by molar-refractivity contribution is 0.288. The van der Waals surface area contributed by atoms with E-state index in [1.807, 2.05) is 61.0 Å². The zero-order valence-electron chi connectivity index (χ0n) is 18.0. The van der Waals surface area contributed by atoms with Crippen molar-refractivity contribution in [2.45, 2.75) is 44.5 Å². The van der Waals surface area contributed by atoms with E-state index in [0.29, 0.717) is 19.0 Å². The molecule has 8 heteroatoms. The molecule has 1 aromatic heterocycles. The predicted molar refractivity (Wildman–Crippen MR) is 127 cm³/mol. The minimum absolute atomic E-state index is 0.568. The van der Waals surface area contributed by atoms with Crippen molar-refractivity contribution in [3.63, 3.8) is 0 Å². The maximum absolute atomic E-state index is 5.98. The molecule has 0 amide bonds. The van der Waals surface area contributed by atoms with Crippen LogP contribution >= 0.6 is 23.4 Å². The van der Waals surface area contributed by atoms with Gasteiger partial charge in [0.2, 0.25) is 5.16 Å². The number of halogens is 1. The number of ether oxygens (including phenoxy) is 2. The highest BCUT2D eigenvalue weighted by atomic mass is 35.5. The first-order chi connectivity index (χ1) is 15.1. The topological polar surface area (TPSA) is 61.5 Å². The van der Waals surface area contributed by atoms with Crippen molar-refractivity contribution in [2.24, 2.45) is 5.10 Å². The van der Waals surface area contributed by atoms with Gasteiger partial charge in [-0.15, -0.1) is 10.2 Å². The Balaban J connectivity index is 1.82. The summed E-state index contributed by atoms with van der Waals surface area (Å²) in [7, 11) is 0. The Kier molecular flexibility index (Phi) is 8.79. The number of aryl methyl sites for hydroxylation is 1. The van der Waals surface area contributed by atoms with E-state index in [0.717, 1.165) is 51.5 Å². The maximum atomic E-state index is 5.98. The largest absolute Gasteiger partial charge is 0.490 e. The van der Waals surface area contributed by atoms with E-state index in [1.54, 1.807) is 18.0 Å². The summed E-state index contributed by atoms with van der Waals surface area (Å²) in [4.78, 5) is 0. The molecule has 0 atom stereocenters. The van der Waals surface area contributed by atoms with Gasteiger partial charge in [0.15, 0.2) is 17.3 Å². The van der Waals surface area contributed by atoms with Crippen LogP contribution in [0.1, 0.15) is 44.1 Å². The predicted octanol–water partition coefficient (Wildman–Crippen LogP) is 5.86. The van der Waals surface area contributed by atoms with Gasteiger partial charge in [-0.05, 0) is 61.7 Å². The molecule has 0 N–H and O–H groups in total. The lowest BCUT2D eigenvalue weighted by Gasteiger charge is -2.11. The van der Waals surface area contributed by atoms with Gasteiger partial charge in [-0.3, -0.25) is 0 Å². The molecule has 3 rings (SSSR count). The molecule has 0 spiro atoms. The van der Waals surface area contributed by atoms with Crippen molar-refractivity contribution in [3.05, 3.63) is 64.4 Å². The van der Waals surface area contributed by atoms with E-state index in [9.17, 15) is 0 Å². The highest BCUT2D eigenvalue weighted by Crippen LogP contribution is 2.28. The summed E-state index contributed by atoms with van der Waals surface area (Å²) in [6.07, 6.45) is 3.57. The number of benzene rings is 2. The van der Waals surface area contributed by atoms with Crippen molar-refractivity contribution >= 4 is 29.6 Å². The average Bonchev–Trinajstić information content (AvgIpc) is 3.15. The monoisotopic (exact) mass is 458 g/mol. The molecule has 1 heterocycles. The van der Waals surface area contributed by atoms with Gasteiger partial charge in [-0.2, -0.15) is 9.78 Å². The summed E-state index contributed by atoms with van der Waals surface area (Å²) in [6.45, 7) is 7.18. The van der Waals surface area contributed by atoms with Gasteiger partial charge in [0.1, 0.15) is 0 Å². The number of aromatic nitrogens is 3. The zero-order valence-corrected chi connectivity index (χ0v) is 19.6. The minimum Gasteiger partial charge on any atom is -0.490 e. The number of hydrogen-bond donors (Lipinski definition) is 0. The van der Waals surface area contributed by atoms with E-state index in [2.05, 4.69) is 22.2 Å². The number of thioether (sulfide) groups is 1. The van der Waals surface area contributed by atoms with Crippen LogP contribution in [-0.4, -0.2) is 34.3 Å². The Hall–Kier alpha value is -2.51. The van der Waals surface area contributed by atoms with Gasteiger partial charge in [0, 0.05) is 17.2 Å². The standard InChI is InChI=1S/C23H27ClN4O2S/c1-4-7-22-26-27-23(31-16-17-8-11-19(24)12-9-17)28(22)25-15-18-10-13-20(29-5-2)21(14-18)30-6-3/h8-15H,4-7,16H2,1-3H3/b25-15-. The van der Waals surface area contributed by atoms with E-state index in [-0.39, 0.29) is 0 Å². The van der Waals surface area contributed by atoms with Gasteiger partial charge in [-0.25, -0.2) is 0 Å². The second-order valence-corrected chi connectivity index (χ2v) is 8.07.